The zero-order chi connectivity index (χ0) is 20.4. The first kappa shape index (κ1) is 19.6. The maximum Gasteiger partial charge on any atom is 0.412 e. The molecule has 1 unspecified atom stereocenters. The van der Waals surface area contributed by atoms with Gasteiger partial charge in [-0.3, -0.25) is 9.69 Å². The van der Waals surface area contributed by atoms with E-state index in [0.29, 0.717) is 17.7 Å². The van der Waals surface area contributed by atoms with Gasteiger partial charge in [0.05, 0.1) is 6.04 Å². The molecule has 0 spiro atoms. The Kier molecular flexibility index (Phi) is 5.48. The Bertz CT molecular complexity index is 899. The molecular weight excluding hydrogens is 365 g/mol. The molecule has 0 aliphatic carbocycles. The van der Waals surface area contributed by atoms with E-state index < -0.39 is 6.09 Å². The third-order valence-corrected chi connectivity index (χ3v) is 4.36. The molecule has 7 nitrogen and oxygen atoms in total. The summed E-state index contributed by atoms with van der Waals surface area (Å²) in [6.07, 6.45) is -0.825. The van der Waals surface area contributed by atoms with E-state index in [2.05, 4.69) is 10.3 Å². The first-order valence-electron chi connectivity index (χ1n) is 9.00. The van der Waals surface area contributed by atoms with Gasteiger partial charge in [-0.2, -0.15) is 0 Å². The molecular formula is C20H22FN3O4. The summed E-state index contributed by atoms with van der Waals surface area (Å²) in [7, 11) is 0. The van der Waals surface area contributed by atoms with Gasteiger partial charge in [0.15, 0.2) is 0 Å². The molecule has 2 aromatic rings. The van der Waals surface area contributed by atoms with Crippen molar-refractivity contribution in [2.24, 2.45) is 0 Å². The molecule has 3 rings (SSSR count). The van der Waals surface area contributed by atoms with Crippen LogP contribution < -0.4 is 15.0 Å². The highest BCUT2D eigenvalue weighted by Crippen LogP contribution is 2.35. The summed E-state index contributed by atoms with van der Waals surface area (Å²) in [5, 5.41) is 12.4. The van der Waals surface area contributed by atoms with Gasteiger partial charge in [0, 0.05) is 6.04 Å². The summed E-state index contributed by atoms with van der Waals surface area (Å²) >= 11 is 0. The molecule has 1 aliphatic rings. The Morgan fingerprint density at radius 1 is 1.36 bits per heavy atom. The first-order valence-corrected chi connectivity index (χ1v) is 9.00. The molecule has 2 amide bonds. The molecule has 0 saturated carbocycles. The average molecular weight is 387 g/mol. The topological polar surface area (TPSA) is 91.8 Å². The van der Waals surface area contributed by atoms with Gasteiger partial charge in [0.25, 0.3) is 5.91 Å². The minimum Gasteiger partial charge on any atom is -0.474 e. The SMILES string of the molecule is CC(C)NC(=O)c1nc2c(cc1Cc1ccc(F)cc1)N(C(=O)O)C(C)CO2. The quantitative estimate of drug-likeness (QED) is 0.841. The number of hydrogen-bond acceptors (Lipinski definition) is 4. The summed E-state index contributed by atoms with van der Waals surface area (Å²) in [5.41, 5.74) is 1.77. The summed E-state index contributed by atoms with van der Waals surface area (Å²) < 4.78 is 18.8. The number of rotatable bonds is 4. The average Bonchev–Trinajstić information content (AvgIpc) is 2.62. The van der Waals surface area contributed by atoms with Crippen LogP contribution in [-0.4, -0.2) is 40.8 Å². The number of carbonyl (C=O) groups excluding carboxylic acids is 1. The van der Waals surface area contributed by atoms with E-state index >= 15 is 0 Å². The molecule has 2 N–H and O–H groups in total. The molecule has 148 valence electrons. The van der Waals surface area contributed by atoms with Gasteiger partial charge in [0.1, 0.15) is 23.8 Å². The van der Waals surface area contributed by atoms with Crippen molar-refractivity contribution < 1.29 is 23.8 Å². The van der Waals surface area contributed by atoms with Gasteiger partial charge in [-0.25, -0.2) is 14.2 Å². The predicted octanol–water partition coefficient (Wildman–Crippen LogP) is 3.22. The number of halogens is 1. The molecule has 2 heterocycles. The van der Waals surface area contributed by atoms with Crippen LogP contribution in [0.25, 0.3) is 0 Å². The summed E-state index contributed by atoms with van der Waals surface area (Å²) in [4.78, 5) is 29.9. The van der Waals surface area contributed by atoms with Crippen LogP contribution >= 0.6 is 0 Å². The molecule has 1 aromatic carbocycles. The van der Waals surface area contributed by atoms with Crippen LogP contribution in [0.4, 0.5) is 14.9 Å². The van der Waals surface area contributed by atoms with Gasteiger partial charge in [0.2, 0.25) is 5.88 Å². The smallest absolute Gasteiger partial charge is 0.412 e. The monoisotopic (exact) mass is 387 g/mol. The summed E-state index contributed by atoms with van der Waals surface area (Å²) in [6, 6.07) is 7.04. The molecule has 0 radical (unpaired) electrons. The van der Waals surface area contributed by atoms with Crippen molar-refractivity contribution in [1.29, 1.82) is 0 Å². The lowest BCUT2D eigenvalue weighted by molar-refractivity contribution is 0.0935. The van der Waals surface area contributed by atoms with Gasteiger partial charge in [-0.15, -0.1) is 0 Å². The van der Waals surface area contributed by atoms with E-state index in [1.807, 2.05) is 13.8 Å². The molecule has 1 atom stereocenters. The third kappa shape index (κ3) is 4.05. The summed E-state index contributed by atoms with van der Waals surface area (Å²) in [5.74, 6) is -0.624. The van der Waals surface area contributed by atoms with Crippen molar-refractivity contribution >= 4 is 17.7 Å². The van der Waals surface area contributed by atoms with Crippen molar-refractivity contribution in [2.45, 2.75) is 39.3 Å². The van der Waals surface area contributed by atoms with E-state index in [-0.39, 0.29) is 42.0 Å². The van der Waals surface area contributed by atoms with E-state index in [1.54, 1.807) is 25.1 Å². The molecule has 0 fully saturated rings. The molecule has 0 bridgehead atoms. The zero-order valence-electron chi connectivity index (χ0n) is 15.9. The number of anilines is 1. The number of benzene rings is 1. The highest BCUT2D eigenvalue weighted by atomic mass is 19.1. The number of aromatic nitrogens is 1. The number of amides is 2. The minimum absolute atomic E-state index is 0.0968. The fourth-order valence-corrected chi connectivity index (χ4v) is 3.09. The highest BCUT2D eigenvalue weighted by molar-refractivity contribution is 5.96. The van der Waals surface area contributed by atoms with Crippen LogP contribution in [-0.2, 0) is 6.42 Å². The standard InChI is InChI=1S/C20H22FN3O4/c1-11(2)22-18(25)17-14(8-13-4-6-15(21)7-5-13)9-16-19(23-17)28-10-12(3)24(16)20(26)27/h4-7,9,11-12H,8,10H2,1-3H3,(H,22,25)(H,26,27). The van der Waals surface area contributed by atoms with Gasteiger partial charge in [-0.05, 0) is 56.5 Å². The second-order valence-electron chi connectivity index (χ2n) is 7.06. The Balaban J connectivity index is 2.09. The Morgan fingerprint density at radius 3 is 2.64 bits per heavy atom. The number of nitrogens with one attached hydrogen (secondary N) is 1. The second-order valence-corrected chi connectivity index (χ2v) is 7.06. The van der Waals surface area contributed by atoms with Crippen LogP contribution in [0.15, 0.2) is 30.3 Å². The Labute approximate surface area is 162 Å². The third-order valence-electron chi connectivity index (χ3n) is 4.36. The van der Waals surface area contributed by atoms with Crippen molar-refractivity contribution in [1.82, 2.24) is 10.3 Å². The number of pyridine rings is 1. The number of fused-ring (bicyclic) bond motifs is 1. The maximum absolute atomic E-state index is 13.2. The molecule has 1 aliphatic heterocycles. The lowest BCUT2D eigenvalue weighted by Gasteiger charge is -2.32. The molecule has 28 heavy (non-hydrogen) atoms. The minimum atomic E-state index is -1.12. The van der Waals surface area contributed by atoms with Crippen molar-refractivity contribution in [3.05, 3.63) is 53.0 Å². The van der Waals surface area contributed by atoms with Crippen LogP contribution in [0.3, 0.4) is 0 Å². The van der Waals surface area contributed by atoms with Crippen LogP contribution in [0.1, 0.15) is 42.4 Å². The summed E-state index contributed by atoms with van der Waals surface area (Å²) in [6.45, 7) is 5.55. The van der Waals surface area contributed by atoms with Crippen molar-refractivity contribution in [2.75, 3.05) is 11.5 Å². The number of ether oxygens (including phenoxy) is 1. The fourth-order valence-electron chi connectivity index (χ4n) is 3.09. The number of hydrogen-bond donors (Lipinski definition) is 2. The lowest BCUT2D eigenvalue weighted by Crippen LogP contribution is -2.45. The molecule has 1 aromatic heterocycles. The number of carbonyl (C=O) groups is 2. The van der Waals surface area contributed by atoms with Crippen LogP contribution in [0.2, 0.25) is 0 Å². The van der Waals surface area contributed by atoms with Crippen molar-refractivity contribution in [3.8, 4) is 5.88 Å². The maximum atomic E-state index is 13.2. The largest absolute Gasteiger partial charge is 0.474 e. The van der Waals surface area contributed by atoms with E-state index in [1.165, 1.54) is 17.0 Å². The van der Waals surface area contributed by atoms with Gasteiger partial charge in [-0.1, -0.05) is 12.1 Å². The van der Waals surface area contributed by atoms with E-state index in [4.69, 9.17) is 4.74 Å². The highest BCUT2D eigenvalue weighted by Gasteiger charge is 2.32. The van der Waals surface area contributed by atoms with Crippen LogP contribution in [0, 0.1) is 5.82 Å². The second kappa shape index (κ2) is 7.84. The van der Waals surface area contributed by atoms with Gasteiger partial charge >= 0.3 is 6.09 Å². The lowest BCUT2D eigenvalue weighted by atomic mass is 10.0. The van der Waals surface area contributed by atoms with Crippen LogP contribution in [0.5, 0.6) is 5.88 Å². The van der Waals surface area contributed by atoms with E-state index in [0.717, 1.165) is 5.56 Å². The number of nitrogens with zero attached hydrogens (tertiary/aromatic N) is 2. The predicted molar refractivity (Wildman–Crippen MR) is 102 cm³/mol. The molecule has 8 heteroatoms. The molecule has 0 saturated heterocycles. The zero-order valence-corrected chi connectivity index (χ0v) is 15.9. The van der Waals surface area contributed by atoms with E-state index in [9.17, 15) is 19.1 Å². The van der Waals surface area contributed by atoms with Gasteiger partial charge < -0.3 is 15.2 Å². The first-order chi connectivity index (χ1) is 13.3. The normalized spacial score (nSPS) is 15.8. The fraction of sp³-hybridized carbons (Fsp3) is 0.350. The number of carboxylic acid groups (broad SMARTS) is 1. The Morgan fingerprint density at radius 2 is 2.04 bits per heavy atom. The Hall–Kier alpha value is -3.16. The van der Waals surface area contributed by atoms with Crippen molar-refractivity contribution in [3.63, 3.8) is 0 Å².